The van der Waals surface area contributed by atoms with Crippen LogP contribution in [0.1, 0.15) is 34.1 Å². The Hall–Kier alpha value is -1.32. The lowest BCUT2D eigenvalue weighted by molar-refractivity contribution is -0.167. The van der Waals surface area contributed by atoms with E-state index in [4.69, 9.17) is 9.47 Å². The summed E-state index contributed by atoms with van der Waals surface area (Å²) in [6.45, 7) is 8.33. The van der Waals surface area contributed by atoms with Gasteiger partial charge in [-0.25, -0.2) is 0 Å². The number of carbonyl (C=O) groups excluding carboxylic acids is 2. The van der Waals surface area contributed by atoms with Gasteiger partial charge in [0.1, 0.15) is 0 Å². The topological polar surface area (TPSA) is 52.6 Å². The number of carbonyl (C=O) groups is 2. The third-order valence-corrected chi connectivity index (χ3v) is 10.4. The summed E-state index contributed by atoms with van der Waals surface area (Å²) in [5.41, 5.74) is 1.82. The van der Waals surface area contributed by atoms with E-state index in [1.54, 1.807) is 6.08 Å². The molecule has 4 nitrogen and oxygen atoms in total. The molecule has 0 spiro atoms. The Morgan fingerprint density at radius 1 is 1.00 bits per heavy atom. The van der Waals surface area contributed by atoms with E-state index in [0.717, 1.165) is 6.04 Å². The van der Waals surface area contributed by atoms with Crippen molar-refractivity contribution in [2.75, 3.05) is 14.2 Å². The lowest BCUT2D eigenvalue weighted by Crippen LogP contribution is -2.38. The first-order chi connectivity index (χ1) is 10.4. The summed E-state index contributed by atoms with van der Waals surface area (Å²) < 4.78 is 9.42. The second-order valence-corrected chi connectivity index (χ2v) is 11.4. The monoisotopic (exact) mass is 326 g/mol. The van der Waals surface area contributed by atoms with E-state index in [1.165, 1.54) is 39.3 Å². The van der Waals surface area contributed by atoms with Crippen LogP contribution in [-0.4, -0.2) is 34.2 Å². The van der Waals surface area contributed by atoms with Gasteiger partial charge in [0.05, 0.1) is 22.3 Å². The van der Waals surface area contributed by atoms with E-state index >= 15 is 0 Å². The van der Waals surface area contributed by atoms with Gasteiger partial charge in [-0.1, -0.05) is 38.9 Å². The normalized spacial score (nSPS) is 11.4. The van der Waals surface area contributed by atoms with Gasteiger partial charge in [-0.2, -0.15) is 0 Å². The number of hydrogen-bond acceptors (Lipinski definition) is 4. The van der Waals surface area contributed by atoms with E-state index in [-0.39, 0.29) is 6.42 Å². The number of hydrogen-bond donors (Lipinski definition) is 0. The maximum Gasteiger partial charge on any atom is 0.323 e. The Labute approximate surface area is 135 Å². The van der Waals surface area contributed by atoms with Gasteiger partial charge in [-0.05, 0) is 31.5 Å². The van der Waals surface area contributed by atoms with Crippen LogP contribution in [0.3, 0.4) is 0 Å². The summed E-state index contributed by atoms with van der Waals surface area (Å²) in [5.74, 6) is -1.17. The van der Waals surface area contributed by atoms with Crippen LogP contribution in [0.5, 0.6) is 0 Å². The molecule has 0 unspecified atom stereocenters. The Kier molecular flexibility index (Phi) is 9.06. The van der Waals surface area contributed by atoms with Crippen LogP contribution in [0.4, 0.5) is 0 Å². The van der Waals surface area contributed by atoms with Crippen molar-refractivity contribution in [2.45, 2.75) is 58.3 Å². The third kappa shape index (κ3) is 5.15. The first-order valence-corrected chi connectivity index (χ1v) is 10.7. The summed E-state index contributed by atoms with van der Waals surface area (Å²) in [6.07, 6.45) is 4.01. The zero-order chi connectivity index (χ0) is 17.2. The maximum absolute atomic E-state index is 11.8. The van der Waals surface area contributed by atoms with Crippen molar-refractivity contribution in [1.82, 2.24) is 0 Å². The minimum absolute atomic E-state index is 0.224. The molecule has 0 saturated heterocycles. The summed E-state index contributed by atoms with van der Waals surface area (Å²) in [5, 5.41) is 0. The fourth-order valence-electron chi connectivity index (χ4n) is 2.51. The molecule has 0 heterocycles. The van der Waals surface area contributed by atoms with Crippen molar-refractivity contribution in [2.24, 2.45) is 5.41 Å². The molecule has 0 radical (unpaired) electrons. The molecule has 5 heteroatoms. The van der Waals surface area contributed by atoms with Gasteiger partial charge in [0.25, 0.3) is 0 Å². The highest BCUT2D eigenvalue weighted by Crippen LogP contribution is 2.27. The number of ether oxygens (including phenoxy) is 2. The molecule has 0 bridgehead atoms. The van der Waals surface area contributed by atoms with Crippen molar-refractivity contribution in [3.05, 3.63) is 17.9 Å². The zero-order valence-electron chi connectivity index (χ0n) is 14.8. The molecule has 0 N–H and O–H groups in total. The van der Waals surface area contributed by atoms with Crippen LogP contribution >= 0.6 is 0 Å². The molecular formula is C17H30O4Si. The molecule has 0 fully saturated rings. The number of esters is 2. The van der Waals surface area contributed by atoms with E-state index in [9.17, 15) is 9.59 Å². The Morgan fingerprint density at radius 3 is 1.82 bits per heavy atom. The van der Waals surface area contributed by atoms with Gasteiger partial charge in [0.15, 0.2) is 5.41 Å². The van der Waals surface area contributed by atoms with Crippen LogP contribution in [-0.2, 0) is 19.1 Å². The number of rotatable bonds is 9. The first-order valence-electron chi connectivity index (χ1n) is 7.92. The lowest BCUT2D eigenvalue weighted by Gasteiger charge is -2.25. The zero-order valence-corrected chi connectivity index (χ0v) is 15.8. The number of methoxy groups -OCH3 is 2. The van der Waals surface area contributed by atoms with Crippen molar-refractivity contribution < 1.29 is 19.1 Å². The highest BCUT2D eigenvalue weighted by molar-refractivity contribution is 6.80. The summed E-state index contributed by atoms with van der Waals surface area (Å²) >= 11 is 0. The lowest BCUT2D eigenvalue weighted by atomic mass is 9.87. The molecule has 0 saturated carbocycles. The largest absolute Gasteiger partial charge is 0.468 e. The molecule has 0 aromatic rings. The Morgan fingerprint density at radius 2 is 1.45 bits per heavy atom. The molecule has 0 rings (SSSR count). The molecular weight excluding hydrogens is 296 g/mol. The van der Waals surface area contributed by atoms with Gasteiger partial charge in [0.2, 0.25) is 0 Å². The van der Waals surface area contributed by atoms with Gasteiger partial charge in [-0.15, -0.1) is 5.73 Å². The average molecular weight is 327 g/mol. The molecule has 0 aliphatic rings. The highest BCUT2D eigenvalue weighted by Gasteiger charge is 2.42. The van der Waals surface area contributed by atoms with Crippen molar-refractivity contribution >= 4 is 20.0 Å². The smallest absolute Gasteiger partial charge is 0.323 e. The quantitative estimate of drug-likeness (QED) is 0.279. The maximum atomic E-state index is 11.8. The predicted octanol–water partition coefficient (Wildman–Crippen LogP) is 3.95. The van der Waals surface area contributed by atoms with Crippen molar-refractivity contribution in [3.8, 4) is 0 Å². The summed E-state index contributed by atoms with van der Waals surface area (Å²) in [4.78, 5) is 23.6. The van der Waals surface area contributed by atoms with Crippen LogP contribution in [0.25, 0.3) is 0 Å². The molecule has 0 aliphatic carbocycles. The molecule has 0 aromatic heterocycles. The van der Waals surface area contributed by atoms with Crippen LogP contribution < -0.4 is 0 Å². The summed E-state index contributed by atoms with van der Waals surface area (Å²) in [6, 6.07) is 4.88. The second-order valence-electron chi connectivity index (χ2n) is 5.86. The third-order valence-electron chi connectivity index (χ3n) is 4.80. The van der Waals surface area contributed by atoms with Crippen LogP contribution in [0.2, 0.25) is 24.2 Å². The van der Waals surface area contributed by atoms with Gasteiger partial charge in [0, 0.05) is 0 Å². The molecule has 0 aromatic carbocycles. The standard InChI is InChI=1S/C17H30O4Si/c1-7-22(8-2,9-3)14-12-10-11-13-17(4,15(18)20-5)16(19)21-6/h11-12H,7-9,13-14H2,1-6H3. The van der Waals surface area contributed by atoms with E-state index in [1.807, 2.05) is 0 Å². The highest BCUT2D eigenvalue weighted by atomic mass is 28.3. The Balaban J connectivity index is 4.96. The van der Waals surface area contributed by atoms with Crippen molar-refractivity contribution in [3.63, 3.8) is 0 Å². The fourth-order valence-corrected chi connectivity index (χ4v) is 5.42. The molecule has 126 valence electrons. The molecule has 22 heavy (non-hydrogen) atoms. The van der Waals surface area contributed by atoms with E-state index in [2.05, 4.69) is 32.6 Å². The second kappa shape index (κ2) is 9.64. The van der Waals surface area contributed by atoms with Gasteiger partial charge in [-0.3, -0.25) is 9.59 Å². The van der Waals surface area contributed by atoms with Gasteiger partial charge >= 0.3 is 11.9 Å². The Bertz CT molecular complexity index is 408. The van der Waals surface area contributed by atoms with Crippen LogP contribution in [0.15, 0.2) is 17.9 Å². The predicted molar refractivity (Wildman–Crippen MR) is 91.4 cm³/mol. The van der Waals surface area contributed by atoms with Gasteiger partial charge < -0.3 is 9.47 Å². The van der Waals surface area contributed by atoms with Crippen molar-refractivity contribution in [1.29, 1.82) is 0 Å². The minimum Gasteiger partial charge on any atom is -0.468 e. The SMILES string of the molecule is CC[Si](CC)(CC)CC=C=CCC(C)(C(=O)OC)C(=O)OC. The van der Waals surface area contributed by atoms with E-state index < -0.39 is 25.4 Å². The fraction of sp³-hybridized carbons (Fsp3) is 0.706. The molecule has 0 amide bonds. The molecule has 0 aliphatic heterocycles. The summed E-state index contributed by atoms with van der Waals surface area (Å²) in [7, 11) is 1.35. The average Bonchev–Trinajstić information content (AvgIpc) is 2.56. The van der Waals surface area contributed by atoms with E-state index in [0.29, 0.717) is 0 Å². The van der Waals surface area contributed by atoms with Crippen LogP contribution in [0, 0.1) is 5.41 Å². The first kappa shape index (κ1) is 20.7. The minimum atomic E-state index is -1.31. The number of allylic oxidation sites excluding steroid dienone is 1. The molecule has 0 atom stereocenters.